The Bertz CT molecular complexity index is 896. The fourth-order valence-corrected chi connectivity index (χ4v) is 2.45. The quantitative estimate of drug-likeness (QED) is 0.239. The van der Waals surface area contributed by atoms with E-state index < -0.39 is 5.91 Å². The van der Waals surface area contributed by atoms with E-state index in [4.69, 9.17) is 21.1 Å². The second kappa shape index (κ2) is 5.59. The molecule has 0 saturated heterocycles. The van der Waals surface area contributed by atoms with E-state index in [1.54, 1.807) is 30.3 Å². The molecule has 0 unspecified atom stereocenters. The maximum atomic E-state index is 11.7. The number of nitrogens with zero attached hydrogens (tertiary/aromatic N) is 1. The highest BCUT2D eigenvalue weighted by Crippen LogP contribution is 2.31. The van der Waals surface area contributed by atoms with E-state index in [2.05, 4.69) is 4.98 Å². The summed E-state index contributed by atoms with van der Waals surface area (Å²) in [5, 5.41) is 10.4. The first-order valence-electron chi connectivity index (χ1n) is 6.70. The van der Waals surface area contributed by atoms with Crippen LogP contribution in [0.1, 0.15) is 16.1 Å². The van der Waals surface area contributed by atoms with E-state index in [9.17, 15) is 9.59 Å². The predicted octanol–water partition coefficient (Wildman–Crippen LogP) is 0.856. The molecule has 0 bridgehead atoms. The Hall–Kier alpha value is -3.10. The summed E-state index contributed by atoms with van der Waals surface area (Å²) in [6.45, 7) is -0.192. The normalized spacial score (nSPS) is 10.9. The lowest BCUT2D eigenvalue weighted by Crippen LogP contribution is -2.31. The van der Waals surface area contributed by atoms with Crippen LogP contribution in [0.5, 0.6) is 0 Å². The van der Waals surface area contributed by atoms with Gasteiger partial charge < -0.3 is 20.2 Å². The second-order valence-corrected chi connectivity index (χ2v) is 4.91. The highest BCUT2D eigenvalue weighted by Gasteiger charge is 2.20. The molecular weight excluding hydrogens is 300 g/mol. The van der Waals surface area contributed by atoms with E-state index in [1.807, 2.05) is 0 Å². The third-order valence-electron chi connectivity index (χ3n) is 3.50. The molecule has 1 aromatic carbocycles. The minimum Gasteiger partial charge on any atom is -0.459 e. The van der Waals surface area contributed by atoms with Gasteiger partial charge in [-0.15, -0.1) is 0 Å². The molecule has 3 rings (SSSR count). The zero-order valence-corrected chi connectivity index (χ0v) is 11.9. The predicted molar refractivity (Wildman–Crippen MR) is 83.2 cm³/mol. The van der Waals surface area contributed by atoms with Gasteiger partial charge in [0.1, 0.15) is 23.9 Å². The Labute approximate surface area is 130 Å². The molecule has 0 saturated carbocycles. The average Bonchev–Trinajstić information content (AvgIpc) is 3.17. The number of aliphatic hydroxyl groups is 1. The van der Waals surface area contributed by atoms with Crippen molar-refractivity contribution < 1.29 is 19.1 Å². The van der Waals surface area contributed by atoms with E-state index in [-0.39, 0.29) is 18.0 Å². The number of anilines is 1. The van der Waals surface area contributed by atoms with Crippen molar-refractivity contribution >= 4 is 29.0 Å². The van der Waals surface area contributed by atoms with Gasteiger partial charge in [-0.05, 0) is 18.2 Å². The molecule has 2 heterocycles. The fraction of sp³-hybridized carbons (Fsp3) is 0.0667. The van der Waals surface area contributed by atoms with Gasteiger partial charge in [-0.1, -0.05) is 12.1 Å². The van der Waals surface area contributed by atoms with Gasteiger partial charge in [-0.2, -0.15) is 0 Å². The Kier molecular flexibility index (Phi) is 3.61. The van der Waals surface area contributed by atoms with Crippen molar-refractivity contribution in [3.63, 3.8) is 0 Å². The molecule has 0 radical (unpaired) electrons. The fourth-order valence-electron chi connectivity index (χ4n) is 2.45. The summed E-state index contributed by atoms with van der Waals surface area (Å²) in [6.07, 6.45) is 0.373. The number of aliphatic hydroxyl groups excluding tert-OH is 1. The second-order valence-electron chi connectivity index (χ2n) is 4.91. The van der Waals surface area contributed by atoms with Crippen LogP contribution >= 0.6 is 0 Å². The first-order valence-corrected chi connectivity index (χ1v) is 6.70. The molecule has 0 aliphatic heterocycles. The van der Waals surface area contributed by atoms with E-state index >= 15 is 0 Å². The summed E-state index contributed by atoms with van der Waals surface area (Å²) in [7, 11) is 0. The molecular formula is C15H14N4O4. The van der Waals surface area contributed by atoms with Gasteiger partial charge in [0.25, 0.3) is 5.91 Å². The SMILES string of the molecule is NC(=O)c1c(N(N)C=O)[nH]c2cc(-c3ccc(CO)o3)ccc12. The van der Waals surface area contributed by atoms with Gasteiger partial charge in [-0.3, -0.25) is 9.59 Å². The summed E-state index contributed by atoms with van der Waals surface area (Å²) in [6, 6.07) is 8.57. The highest BCUT2D eigenvalue weighted by atomic mass is 16.4. The first-order chi connectivity index (χ1) is 11.0. The smallest absolute Gasteiger partial charge is 0.253 e. The molecule has 118 valence electrons. The van der Waals surface area contributed by atoms with Crippen LogP contribution in [0.25, 0.3) is 22.2 Å². The third-order valence-corrected chi connectivity index (χ3v) is 3.50. The topological polar surface area (TPSA) is 139 Å². The van der Waals surface area contributed by atoms with Crippen molar-refractivity contribution in [3.05, 3.63) is 41.7 Å². The lowest BCUT2D eigenvalue weighted by Gasteiger charge is -2.08. The number of aromatic amines is 1. The van der Waals surface area contributed by atoms with E-state index in [0.29, 0.717) is 28.8 Å². The van der Waals surface area contributed by atoms with Gasteiger partial charge in [0.2, 0.25) is 6.41 Å². The third kappa shape index (κ3) is 2.45. The van der Waals surface area contributed by atoms with Gasteiger partial charge in [0.15, 0.2) is 0 Å². The van der Waals surface area contributed by atoms with E-state index in [0.717, 1.165) is 10.6 Å². The Morgan fingerprint density at radius 3 is 2.74 bits per heavy atom. The van der Waals surface area contributed by atoms with Crippen LogP contribution in [-0.2, 0) is 11.4 Å². The maximum Gasteiger partial charge on any atom is 0.253 e. The number of furan rings is 1. The Morgan fingerprint density at radius 1 is 1.35 bits per heavy atom. The molecule has 8 heteroatoms. The number of aromatic nitrogens is 1. The van der Waals surface area contributed by atoms with Crippen molar-refractivity contribution in [2.24, 2.45) is 11.6 Å². The number of benzene rings is 1. The van der Waals surface area contributed by atoms with Gasteiger partial charge in [-0.25, -0.2) is 10.9 Å². The summed E-state index contributed by atoms with van der Waals surface area (Å²) in [5.74, 6) is 5.98. The number of primary amides is 1. The molecule has 0 atom stereocenters. The molecule has 0 aliphatic rings. The van der Waals surface area contributed by atoms with Crippen LogP contribution in [0.4, 0.5) is 5.82 Å². The molecule has 6 N–H and O–H groups in total. The monoisotopic (exact) mass is 314 g/mol. The number of fused-ring (bicyclic) bond motifs is 1. The van der Waals surface area contributed by atoms with Crippen LogP contribution in [0.3, 0.4) is 0 Å². The van der Waals surface area contributed by atoms with Crippen LogP contribution in [0.15, 0.2) is 34.7 Å². The van der Waals surface area contributed by atoms with Crippen molar-refractivity contribution in [2.75, 3.05) is 5.01 Å². The number of hydrogen-bond donors (Lipinski definition) is 4. The highest BCUT2D eigenvalue weighted by molar-refractivity contribution is 6.12. The summed E-state index contributed by atoms with van der Waals surface area (Å²) < 4.78 is 5.47. The van der Waals surface area contributed by atoms with Crippen LogP contribution < -0.4 is 16.6 Å². The molecule has 0 fully saturated rings. The lowest BCUT2D eigenvalue weighted by atomic mass is 10.1. The molecule has 8 nitrogen and oxygen atoms in total. The number of nitrogens with one attached hydrogen (secondary N) is 1. The van der Waals surface area contributed by atoms with Gasteiger partial charge in [0, 0.05) is 16.5 Å². The molecule has 3 aromatic rings. The number of carbonyl (C=O) groups is 2. The number of hydrazine groups is 1. The van der Waals surface area contributed by atoms with Crippen molar-refractivity contribution in [3.8, 4) is 11.3 Å². The Morgan fingerprint density at radius 2 is 2.13 bits per heavy atom. The van der Waals surface area contributed by atoms with Crippen LogP contribution in [0.2, 0.25) is 0 Å². The number of nitrogens with two attached hydrogens (primary N) is 2. The van der Waals surface area contributed by atoms with Gasteiger partial charge in [0.05, 0.1) is 5.56 Å². The largest absolute Gasteiger partial charge is 0.459 e. The number of hydrogen-bond acceptors (Lipinski definition) is 5. The maximum absolute atomic E-state index is 11.7. The van der Waals surface area contributed by atoms with Crippen molar-refractivity contribution in [1.82, 2.24) is 4.98 Å². The van der Waals surface area contributed by atoms with Crippen LogP contribution in [-0.4, -0.2) is 22.4 Å². The summed E-state index contributed by atoms with van der Waals surface area (Å²) in [5.41, 5.74) is 6.83. The molecule has 0 spiro atoms. The van der Waals surface area contributed by atoms with E-state index in [1.165, 1.54) is 0 Å². The summed E-state index contributed by atoms with van der Waals surface area (Å²) in [4.78, 5) is 25.4. The molecule has 2 aromatic heterocycles. The molecule has 23 heavy (non-hydrogen) atoms. The number of H-pyrrole nitrogens is 1. The zero-order valence-electron chi connectivity index (χ0n) is 11.9. The number of amides is 2. The number of carbonyl (C=O) groups excluding carboxylic acids is 2. The molecule has 2 amide bonds. The standard InChI is InChI=1S/C15H14N4O4/c16-14(22)13-10-3-1-8(12-4-2-9(6-20)23-12)5-11(10)18-15(13)19(17)7-21/h1-5,7,18,20H,6,17H2,(H2,16,22). The van der Waals surface area contributed by atoms with Crippen molar-refractivity contribution in [1.29, 1.82) is 0 Å². The lowest BCUT2D eigenvalue weighted by molar-refractivity contribution is -0.107. The first kappa shape index (κ1) is 14.8. The minimum absolute atomic E-state index is 0.121. The molecule has 0 aliphatic carbocycles. The van der Waals surface area contributed by atoms with Crippen molar-refractivity contribution in [2.45, 2.75) is 6.61 Å². The number of rotatable bonds is 5. The summed E-state index contributed by atoms with van der Waals surface area (Å²) >= 11 is 0. The van der Waals surface area contributed by atoms with Gasteiger partial charge >= 0.3 is 0 Å². The average molecular weight is 314 g/mol. The minimum atomic E-state index is -0.697. The zero-order chi connectivity index (χ0) is 16.6. The Balaban J connectivity index is 2.16. The van der Waals surface area contributed by atoms with Crippen LogP contribution in [0, 0.1) is 0 Å².